The van der Waals surface area contributed by atoms with Crippen LogP contribution in [0, 0.1) is 11.8 Å². The van der Waals surface area contributed by atoms with E-state index in [0.717, 1.165) is 0 Å². The molecule has 2 fully saturated rings. The normalized spacial score (nSPS) is 31.2. The fourth-order valence-corrected chi connectivity index (χ4v) is 2.87. The molecule has 1 amide bonds. The first kappa shape index (κ1) is 11.8. The molecule has 16 heavy (non-hydrogen) atoms. The first-order valence-corrected chi connectivity index (χ1v) is 6.59. The van der Waals surface area contributed by atoms with E-state index < -0.39 is 38.9 Å². The summed E-state index contributed by atoms with van der Waals surface area (Å²) in [5, 5.41) is 0. The van der Waals surface area contributed by atoms with E-state index in [4.69, 9.17) is 0 Å². The van der Waals surface area contributed by atoms with Gasteiger partial charge in [-0.05, 0) is 26.2 Å². The van der Waals surface area contributed by atoms with Crippen LogP contribution in [0.3, 0.4) is 0 Å². The Hall–Kier alpha value is -0.720. The molecule has 0 aromatic heterocycles. The topological polar surface area (TPSA) is 63.2 Å². The van der Waals surface area contributed by atoms with Gasteiger partial charge in [0.05, 0.1) is 4.75 Å². The minimum absolute atomic E-state index is 0.0791. The number of amides is 1. The summed E-state index contributed by atoms with van der Waals surface area (Å²) in [5.74, 6) is -2.59. The fourth-order valence-electron chi connectivity index (χ4n) is 1.57. The van der Waals surface area contributed by atoms with E-state index in [1.165, 1.54) is 0 Å². The van der Waals surface area contributed by atoms with E-state index in [1.807, 2.05) is 4.72 Å². The molecular weight excluding hydrogens is 240 g/mol. The van der Waals surface area contributed by atoms with E-state index in [-0.39, 0.29) is 6.42 Å². The molecule has 2 saturated carbocycles. The summed E-state index contributed by atoms with van der Waals surface area (Å²) in [5.41, 5.74) is 0. The van der Waals surface area contributed by atoms with Crippen LogP contribution in [0.1, 0.15) is 26.2 Å². The second-order valence-corrected chi connectivity index (χ2v) is 6.96. The Morgan fingerprint density at radius 3 is 2.38 bits per heavy atom. The van der Waals surface area contributed by atoms with Crippen molar-refractivity contribution in [3.8, 4) is 0 Å². The average molecular weight is 253 g/mol. The largest absolute Gasteiger partial charge is 0.274 e. The summed E-state index contributed by atoms with van der Waals surface area (Å²) in [6.45, 7) is 1.54. The van der Waals surface area contributed by atoms with Crippen LogP contribution in [0.5, 0.6) is 0 Å². The smallest absolute Gasteiger partial charge is 0.242 e. The van der Waals surface area contributed by atoms with Gasteiger partial charge >= 0.3 is 0 Å². The van der Waals surface area contributed by atoms with Crippen molar-refractivity contribution < 1.29 is 22.0 Å². The lowest BCUT2D eigenvalue weighted by molar-refractivity contribution is -0.121. The second-order valence-electron chi connectivity index (χ2n) is 4.76. The molecule has 2 rings (SSSR count). The van der Waals surface area contributed by atoms with Gasteiger partial charge in [-0.1, -0.05) is 0 Å². The van der Waals surface area contributed by atoms with Gasteiger partial charge in [0.15, 0.2) is 0 Å². The molecule has 0 aromatic carbocycles. The molecule has 0 radical (unpaired) electrons. The molecule has 0 aliphatic heterocycles. The van der Waals surface area contributed by atoms with E-state index in [2.05, 4.69) is 0 Å². The predicted octanol–water partition coefficient (Wildman–Crippen LogP) is 0.886. The molecule has 1 N–H and O–H groups in total. The highest BCUT2D eigenvalue weighted by Crippen LogP contribution is 2.45. The Balaban J connectivity index is 1.94. The van der Waals surface area contributed by atoms with Crippen LogP contribution in [0.2, 0.25) is 0 Å². The molecule has 7 heteroatoms. The van der Waals surface area contributed by atoms with Crippen LogP contribution in [-0.2, 0) is 14.8 Å². The Bertz CT molecular complexity index is 416. The standard InChI is InChI=1S/C9H13F2NO3S/c1-9(2-3-9)16(14,15)12-8(13)6-4-5(6)7(10)11/h5-7H,2-4H2,1H3,(H,12,13). The van der Waals surface area contributed by atoms with E-state index in [0.29, 0.717) is 12.8 Å². The first-order chi connectivity index (χ1) is 7.27. The molecule has 0 spiro atoms. The summed E-state index contributed by atoms with van der Waals surface area (Å²) >= 11 is 0. The third kappa shape index (κ3) is 1.92. The number of sulfonamides is 1. The van der Waals surface area contributed by atoms with Gasteiger partial charge in [0, 0.05) is 11.8 Å². The van der Waals surface area contributed by atoms with Crippen molar-refractivity contribution in [1.29, 1.82) is 0 Å². The molecule has 0 heterocycles. The Labute approximate surface area is 92.5 Å². The van der Waals surface area contributed by atoms with Crippen LogP contribution in [-0.4, -0.2) is 25.5 Å². The highest BCUT2D eigenvalue weighted by Gasteiger charge is 2.54. The van der Waals surface area contributed by atoms with Gasteiger partial charge < -0.3 is 0 Å². The number of carbonyl (C=O) groups excluding carboxylic acids is 1. The Morgan fingerprint density at radius 2 is 2.00 bits per heavy atom. The number of hydrogen-bond donors (Lipinski definition) is 1. The van der Waals surface area contributed by atoms with E-state index >= 15 is 0 Å². The van der Waals surface area contributed by atoms with Crippen molar-refractivity contribution in [2.45, 2.75) is 37.4 Å². The van der Waals surface area contributed by atoms with Crippen LogP contribution in [0.15, 0.2) is 0 Å². The summed E-state index contributed by atoms with van der Waals surface area (Å²) in [6.07, 6.45) is -1.44. The number of rotatable bonds is 4. The number of hydrogen-bond acceptors (Lipinski definition) is 3. The SMILES string of the molecule is CC1(S(=O)(=O)NC(=O)C2CC2C(F)F)CC1. The quantitative estimate of drug-likeness (QED) is 0.809. The van der Waals surface area contributed by atoms with Gasteiger partial charge in [0.1, 0.15) is 0 Å². The molecular formula is C9H13F2NO3S. The minimum atomic E-state index is -3.68. The molecule has 2 atom stereocenters. The van der Waals surface area contributed by atoms with Crippen molar-refractivity contribution >= 4 is 15.9 Å². The third-order valence-corrected chi connectivity index (χ3v) is 5.51. The molecule has 2 unspecified atom stereocenters. The number of halogens is 2. The van der Waals surface area contributed by atoms with Crippen molar-refractivity contribution in [2.75, 3.05) is 0 Å². The Morgan fingerprint density at radius 1 is 1.44 bits per heavy atom. The lowest BCUT2D eigenvalue weighted by Crippen LogP contribution is -2.39. The number of alkyl halides is 2. The number of carbonyl (C=O) groups is 1. The molecule has 0 saturated heterocycles. The molecule has 0 aromatic rings. The maximum atomic E-state index is 12.2. The van der Waals surface area contributed by atoms with Crippen LogP contribution >= 0.6 is 0 Å². The monoisotopic (exact) mass is 253 g/mol. The molecule has 92 valence electrons. The Kier molecular flexibility index (Phi) is 2.49. The lowest BCUT2D eigenvalue weighted by atomic mass is 10.3. The van der Waals surface area contributed by atoms with Crippen LogP contribution in [0.4, 0.5) is 8.78 Å². The van der Waals surface area contributed by atoms with Crippen molar-refractivity contribution in [3.05, 3.63) is 0 Å². The molecule has 2 aliphatic rings. The zero-order valence-electron chi connectivity index (χ0n) is 8.74. The molecule has 2 aliphatic carbocycles. The maximum absolute atomic E-state index is 12.2. The summed E-state index contributed by atoms with van der Waals surface area (Å²) < 4.78 is 48.6. The first-order valence-electron chi connectivity index (χ1n) is 5.11. The average Bonchev–Trinajstić information content (AvgIpc) is 2.93. The van der Waals surface area contributed by atoms with Gasteiger partial charge in [-0.25, -0.2) is 17.2 Å². The van der Waals surface area contributed by atoms with Gasteiger partial charge in [-0.15, -0.1) is 0 Å². The van der Waals surface area contributed by atoms with Crippen molar-refractivity contribution in [2.24, 2.45) is 11.8 Å². The summed E-state index contributed by atoms with van der Waals surface area (Å²) in [6, 6.07) is 0. The summed E-state index contributed by atoms with van der Waals surface area (Å²) in [4.78, 5) is 11.4. The van der Waals surface area contributed by atoms with E-state index in [9.17, 15) is 22.0 Å². The third-order valence-electron chi connectivity index (χ3n) is 3.34. The van der Waals surface area contributed by atoms with Crippen LogP contribution in [0.25, 0.3) is 0 Å². The van der Waals surface area contributed by atoms with Gasteiger partial charge in [-0.3, -0.25) is 9.52 Å². The van der Waals surface area contributed by atoms with Gasteiger partial charge in [0.2, 0.25) is 22.4 Å². The molecule has 0 bridgehead atoms. The highest BCUT2D eigenvalue weighted by molar-refractivity contribution is 7.91. The lowest BCUT2D eigenvalue weighted by Gasteiger charge is -2.11. The maximum Gasteiger partial charge on any atom is 0.242 e. The fraction of sp³-hybridized carbons (Fsp3) is 0.889. The van der Waals surface area contributed by atoms with E-state index in [1.54, 1.807) is 6.92 Å². The zero-order chi connectivity index (χ0) is 12.1. The van der Waals surface area contributed by atoms with Crippen LogP contribution < -0.4 is 4.72 Å². The molecule has 4 nitrogen and oxygen atoms in total. The van der Waals surface area contributed by atoms with Crippen molar-refractivity contribution in [1.82, 2.24) is 4.72 Å². The predicted molar refractivity (Wildman–Crippen MR) is 52.3 cm³/mol. The summed E-state index contributed by atoms with van der Waals surface area (Å²) in [7, 11) is -3.68. The van der Waals surface area contributed by atoms with Gasteiger partial charge in [0.25, 0.3) is 0 Å². The zero-order valence-corrected chi connectivity index (χ0v) is 9.56. The minimum Gasteiger partial charge on any atom is -0.274 e. The number of nitrogens with one attached hydrogen (secondary N) is 1. The second kappa shape index (κ2) is 3.38. The van der Waals surface area contributed by atoms with Gasteiger partial charge in [-0.2, -0.15) is 0 Å². The highest BCUT2D eigenvalue weighted by atomic mass is 32.2. The van der Waals surface area contributed by atoms with Crippen molar-refractivity contribution in [3.63, 3.8) is 0 Å².